The molecule has 1 aliphatic carbocycles. The molecule has 1 saturated carbocycles. The van der Waals surface area contributed by atoms with E-state index in [1.54, 1.807) is 0 Å². The average molecular weight is 383 g/mol. The molecule has 3 nitrogen and oxygen atoms in total. The zero-order valence-electron chi connectivity index (χ0n) is 16.7. The number of hydrogen-bond acceptors (Lipinski definition) is 2. The average Bonchev–Trinajstić information content (AvgIpc) is 3.25. The second-order valence-corrected chi connectivity index (χ2v) is 11.1. The van der Waals surface area contributed by atoms with Crippen molar-refractivity contribution in [1.82, 2.24) is 4.72 Å². The summed E-state index contributed by atoms with van der Waals surface area (Å²) in [5.74, 6) is 1.76. The van der Waals surface area contributed by atoms with Crippen LogP contribution in [0, 0.1) is 18.8 Å². The minimum absolute atomic E-state index is 0.0845. The van der Waals surface area contributed by atoms with Crippen molar-refractivity contribution in [2.24, 2.45) is 11.8 Å². The van der Waals surface area contributed by atoms with E-state index < -0.39 is 11.0 Å². The van der Waals surface area contributed by atoms with Gasteiger partial charge in [-0.2, -0.15) is 0 Å². The molecular weight excluding hydrogens is 352 g/mol. The predicted octanol–water partition coefficient (Wildman–Crippen LogP) is 4.59. The first-order chi connectivity index (χ1) is 12.8. The minimum Gasteiger partial charge on any atom is -0.371 e. The van der Waals surface area contributed by atoms with Gasteiger partial charge in [-0.25, -0.2) is 8.93 Å². The Labute approximate surface area is 165 Å². The molecular formula is C23H30N2OS. The smallest absolute Gasteiger partial charge is 0.0979 e. The number of benzene rings is 2. The van der Waals surface area contributed by atoms with E-state index in [1.807, 2.05) is 26.8 Å². The molecule has 0 radical (unpaired) electrons. The monoisotopic (exact) mass is 382 g/mol. The van der Waals surface area contributed by atoms with E-state index in [9.17, 15) is 4.21 Å². The molecule has 4 atom stereocenters. The molecule has 4 heteroatoms. The molecule has 1 aliphatic heterocycles. The maximum absolute atomic E-state index is 13.0. The molecule has 1 saturated heterocycles. The second kappa shape index (κ2) is 7.06. The van der Waals surface area contributed by atoms with Gasteiger partial charge in [-0.05, 0) is 68.7 Å². The van der Waals surface area contributed by atoms with Crippen molar-refractivity contribution in [2.45, 2.75) is 44.9 Å². The van der Waals surface area contributed by atoms with Crippen molar-refractivity contribution >= 4 is 16.7 Å². The van der Waals surface area contributed by atoms with Crippen LogP contribution < -0.4 is 9.62 Å². The predicted molar refractivity (Wildman–Crippen MR) is 114 cm³/mol. The fourth-order valence-corrected chi connectivity index (χ4v) is 4.84. The molecule has 0 spiro atoms. The molecule has 0 amide bonds. The van der Waals surface area contributed by atoms with Gasteiger partial charge in [-0.3, -0.25) is 0 Å². The zero-order valence-corrected chi connectivity index (χ0v) is 17.6. The van der Waals surface area contributed by atoms with Crippen LogP contribution in [0.2, 0.25) is 0 Å². The maximum Gasteiger partial charge on any atom is 0.0979 e. The molecule has 4 unspecified atom stereocenters. The van der Waals surface area contributed by atoms with Gasteiger partial charge in [0.25, 0.3) is 0 Å². The molecule has 4 rings (SSSR count). The highest BCUT2D eigenvalue weighted by Gasteiger charge is 2.45. The lowest BCUT2D eigenvalue weighted by Gasteiger charge is -2.30. The van der Waals surface area contributed by atoms with Crippen molar-refractivity contribution in [3.05, 3.63) is 65.2 Å². The normalized spacial score (nSPS) is 23.8. The van der Waals surface area contributed by atoms with Gasteiger partial charge in [-0.15, -0.1) is 0 Å². The van der Waals surface area contributed by atoms with E-state index in [0.717, 1.165) is 30.5 Å². The lowest BCUT2D eigenvalue weighted by Crippen LogP contribution is -2.37. The first-order valence-corrected chi connectivity index (χ1v) is 11.1. The lowest BCUT2D eigenvalue weighted by molar-refractivity contribution is 0.623. The number of piperidine rings is 1. The molecule has 2 aromatic rings. The number of nitrogens with zero attached hydrogens (tertiary/aromatic N) is 1. The summed E-state index contributed by atoms with van der Waals surface area (Å²) in [6.07, 6.45) is 1.39. The van der Waals surface area contributed by atoms with Gasteiger partial charge in [-0.1, -0.05) is 42.5 Å². The highest BCUT2D eigenvalue weighted by atomic mass is 32.2. The van der Waals surface area contributed by atoms with Crippen molar-refractivity contribution in [1.29, 1.82) is 0 Å². The topological polar surface area (TPSA) is 32.3 Å². The molecule has 0 aromatic heterocycles. The maximum atomic E-state index is 13.0. The summed E-state index contributed by atoms with van der Waals surface area (Å²) in [4.78, 5) is 2.54. The van der Waals surface area contributed by atoms with Crippen molar-refractivity contribution in [3.8, 4) is 0 Å². The Morgan fingerprint density at radius 1 is 1.07 bits per heavy atom. The van der Waals surface area contributed by atoms with E-state index in [1.165, 1.54) is 23.2 Å². The summed E-state index contributed by atoms with van der Waals surface area (Å²) in [5.41, 5.74) is 4.96. The van der Waals surface area contributed by atoms with Crippen LogP contribution in [0.5, 0.6) is 0 Å². The minimum atomic E-state index is -1.15. The largest absolute Gasteiger partial charge is 0.371 e. The number of nitrogens with one attached hydrogen (secondary N) is 1. The van der Waals surface area contributed by atoms with E-state index in [4.69, 9.17) is 0 Å². The van der Waals surface area contributed by atoms with Crippen LogP contribution in [0.15, 0.2) is 48.5 Å². The Kier molecular flexibility index (Phi) is 4.89. The van der Waals surface area contributed by atoms with E-state index in [2.05, 4.69) is 59.0 Å². The Bertz CT molecular complexity index is 833. The number of rotatable bonds is 5. The fourth-order valence-electron chi connectivity index (χ4n) is 4.01. The Hall–Kier alpha value is -1.65. The number of aryl methyl sites for hydroxylation is 1. The summed E-state index contributed by atoms with van der Waals surface area (Å²) in [6, 6.07) is 17.0. The quantitative estimate of drug-likeness (QED) is 0.820. The SMILES string of the molecule is Cc1ccc(C(NS(=O)C(C)(C)C)c2ccccc2)c(N2CC3CC3C2)c1. The highest BCUT2D eigenvalue weighted by Crippen LogP contribution is 2.47. The highest BCUT2D eigenvalue weighted by molar-refractivity contribution is 7.84. The van der Waals surface area contributed by atoms with E-state index >= 15 is 0 Å². The fraction of sp³-hybridized carbons (Fsp3) is 0.478. The second-order valence-electron chi connectivity index (χ2n) is 9.07. The molecule has 1 N–H and O–H groups in total. The van der Waals surface area contributed by atoms with Crippen molar-refractivity contribution in [3.63, 3.8) is 0 Å². The summed E-state index contributed by atoms with van der Waals surface area (Å²) in [5, 5.41) is 0. The molecule has 2 fully saturated rings. The van der Waals surface area contributed by atoms with Crippen molar-refractivity contribution in [2.75, 3.05) is 18.0 Å². The lowest BCUT2D eigenvalue weighted by atomic mass is 9.96. The summed E-state index contributed by atoms with van der Waals surface area (Å²) in [7, 11) is -1.15. The van der Waals surface area contributed by atoms with Crippen LogP contribution in [0.25, 0.3) is 0 Å². The van der Waals surface area contributed by atoms with Crippen molar-refractivity contribution < 1.29 is 4.21 Å². The van der Waals surface area contributed by atoms with Gasteiger partial charge in [0.05, 0.1) is 21.8 Å². The Morgan fingerprint density at radius 3 is 2.37 bits per heavy atom. The van der Waals surface area contributed by atoms with Crippen LogP contribution in [0.4, 0.5) is 5.69 Å². The number of fused-ring (bicyclic) bond motifs is 1. The standard InChI is InChI=1S/C23H30N2OS/c1-16-10-11-20(21(12-16)25-14-18-13-19(18)15-25)22(17-8-6-5-7-9-17)24-27(26)23(2,3)4/h5-12,18-19,22,24H,13-15H2,1-4H3. The molecule has 0 bridgehead atoms. The number of anilines is 1. The third-order valence-corrected chi connectivity index (χ3v) is 7.29. The molecule has 144 valence electrons. The summed E-state index contributed by atoms with van der Waals surface area (Å²) >= 11 is 0. The van der Waals surface area contributed by atoms with Gasteiger partial charge < -0.3 is 4.90 Å². The Morgan fingerprint density at radius 2 is 1.74 bits per heavy atom. The summed E-state index contributed by atoms with van der Waals surface area (Å²) in [6.45, 7) is 10.5. The van der Waals surface area contributed by atoms with Gasteiger partial charge >= 0.3 is 0 Å². The number of hydrogen-bond donors (Lipinski definition) is 1. The Balaban J connectivity index is 1.74. The van der Waals surface area contributed by atoms with E-state index in [0.29, 0.717) is 0 Å². The van der Waals surface area contributed by atoms with Crippen LogP contribution >= 0.6 is 0 Å². The van der Waals surface area contributed by atoms with Gasteiger partial charge in [0.15, 0.2) is 0 Å². The molecule has 27 heavy (non-hydrogen) atoms. The molecule has 2 aromatic carbocycles. The van der Waals surface area contributed by atoms with E-state index in [-0.39, 0.29) is 10.8 Å². The zero-order chi connectivity index (χ0) is 19.2. The third kappa shape index (κ3) is 3.97. The summed E-state index contributed by atoms with van der Waals surface area (Å²) < 4.78 is 16.1. The van der Waals surface area contributed by atoms with Crippen LogP contribution in [-0.2, 0) is 11.0 Å². The van der Waals surface area contributed by atoms with Crippen LogP contribution in [0.3, 0.4) is 0 Å². The molecule has 1 heterocycles. The third-order valence-electron chi connectivity index (χ3n) is 5.73. The first kappa shape index (κ1) is 18.7. The van der Waals surface area contributed by atoms with Crippen LogP contribution in [0.1, 0.15) is 49.9 Å². The van der Waals surface area contributed by atoms with Gasteiger partial charge in [0.2, 0.25) is 0 Å². The van der Waals surface area contributed by atoms with Crippen LogP contribution in [-0.4, -0.2) is 22.0 Å². The van der Waals surface area contributed by atoms with Gasteiger partial charge in [0, 0.05) is 18.8 Å². The molecule has 2 aliphatic rings. The first-order valence-electron chi connectivity index (χ1n) is 9.91. The van der Waals surface area contributed by atoms with Gasteiger partial charge in [0.1, 0.15) is 0 Å².